The summed E-state index contributed by atoms with van der Waals surface area (Å²) in [6.07, 6.45) is 2.41. The van der Waals surface area contributed by atoms with Crippen LogP contribution < -0.4 is 0 Å². The average Bonchev–Trinajstić information content (AvgIpc) is 2.53. The largest absolute Gasteiger partial charge is 0.341 e. The van der Waals surface area contributed by atoms with E-state index in [-0.39, 0.29) is 5.91 Å². The van der Waals surface area contributed by atoms with Gasteiger partial charge in [-0.2, -0.15) is 0 Å². The van der Waals surface area contributed by atoms with Crippen molar-refractivity contribution in [2.24, 2.45) is 0 Å². The quantitative estimate of drug-likeness (QED) is 0.784. The summed E-state index contributed by atoms with van der Waals surface area (Å²) in [5.74, 6) is 0.195. The summed E-state index contributed by atoms with van der Waals surface area (Å²) >= 11 is 0. The lowest BCUT2D eigenvalue weighted by molar-refractivity contribution is -0.130. The molecule has 0 saturated carbocycles. The van der Waals surface area contributed by atoms with Crippen LogP contribution in [0.5, 0.6) is 0 Å². The Labute approximate surface area is 133 Å². The highest BCUT2D eigenvalue weighted by molar-refractivity contribution is 5.76. The van der Waals surface area contributed by atoms with Crippen molar-refractivity contribution in [3.63, 3.8) is 0 Å². The molecule has 0 N–H and O–H groups in total. The van der Waals surface area contributed by atoms with Crippen molar-refractivity contribution in [3.8, 4) is 0 Å². The Bertz CT molecular complexity index is 616. The SMILES string of the molecule is CCc1ccc(CN(C)C(=O)CCc2cccc(C)c2)cc1. The van der Waals surface area contributed by atoms with Gasteiger partial charge in [0.05, 0.1) is 0 Å². The molecule has 2 rings (SSSR count). The number of carbonyl (C=O) groups is 1. The van der Waals surface area contributed by atoms with Crippen LogP contribution in [0.4, 0.5) is 0 Å². The van der Waals surface area contributed by atoms with Crippen LogP contribution in [0.15, 0.2) is 48.5 Å². The fourth-order valence-corrected chi connectivity index (χ4v) is 2.55. The van der Waals surface area contributed by atoms with E-state index in [1.54, 1.807) is 0 Å². The van der Waals surface area contributed by atoms with Gasteiger partial charge in [-0.25, -0.2) is 0 Å². The Morgan fingerprint density at radius 1 is 1.00 bits per heavy atom. The summed E-state index contributed by atoms with van der Waals surface area (Å²) in [5, 5.41) is 0. The van der Waals surface area contributed by atoms with Crippen LogP contribution in [-0.2, 0) is 24.2 Å². The molecule has 0 radical (unpaired) electrons. The molecule has 0 aliphatic carbocycles. The Morgan fingerprint density at radius 2 is 1.68 bits per heavy atom. The summed E-state index contributed by atoms with van der Waals surface area (Å²) in [5.41, 5.74) is 4.99. The first-order chi connectivity index (χ1) is 10.6. The third-order valence-corrected chi connectivity index (χ3v) is 3.99. The van der Waals surface area contributed by atoms with Crippen molar-refractivity contribution in [3.05, 3.63) is 70.8 Å². The molecule has 0 aromatic heterocycles. The highest BCUT2D eigenvalue weighted by atomic mass is 16.2. The molecule has 0 unspecified atom stereocenters. The molecule has 0 saturated heterocycles. The number of hydrogen-bond donors (Lipinski definition) is 0. The van der Waals surface area contributed by atoms with Gasteiger partial charge in [-0.05, 0) is 36.5 Å². The van der Waals surface area contributed by atoms with E-state index in [2.05, 4.69) is 56.3 Å². The maximum atomic E-state index is 12.3. The number of amides is 1. The topological polar surface area (TPSA) is 20.3 Å². The zero-order valence-corrected chi connectivity index (χ0v) is 13.8. The summed E-state index contributed by atoms with van der Waals surface area (Å²) in [7, 11) is 1.88. The lowest BCUT2D eigenvalue weighted by atomic mass is 10.1. The number of aryl methyl sites for hydroxylation is 3. The average molecular weight is 295 g/mol. The van der Waals surface area contributed by atoms with Crippen LogP contribution in [-0.4, -0.2) is 17.9 Å². The summed E-state index contributed by atoms with van der Waals surface area (Å²) in [6.45, 7) is 4.91. The van der Waals surface area contributed by atoms with Crippen molar-refractivity contribution in [1.29, 1.82) is 0 Å². The molecular formula is C20H25NO. The maximum Gasteiger partial charge on any atom is 0.222 e. The van der Waals surface area contributed by atoms with Gasteiger partial charge in [0.25, 0.3) is 0 Å². The Hall–Kier alpha value is -2.09. The second-order valence-electron chi connectivity index (χ2n) is 5.91. The molecular weight excluding hydrogens is 270 g/mol. The maximum absolute atomic E-state index is 12.3. The zero-order valence-electron chi connectivity index (χ0n) is 13.8. The standard InChI is InChI=1S/C20H25NO/c1-4-17-8-10-19(11-9-17)15-21(3)20(22)13-12-18-7-5-6-16(2)14-18/h5-11,14H,4,12-13,15H2,1-3H3. The molecule has 2 nitrogen and oxygen atoms in total. The van der Waals surface area contributed by atoms with E-state index in [0.29, 0.717) is 13.0 Å². The fraction of sp³-hybridized carbons (Fsp3) is 0.350. The van der Waals surface area contributed by atoms with Gasteiger partial charge in [-0.1, -0.05) is 61.0 Å². The van der Waals surface area contributed by atoms with Crippen molar-refractivity contribution in [2.75, 3.05) is 7.05 Å². The van der Waals surface area contributed by atoms with E-state index >= 15 is 0 Å². The van der Waals surface area contributed by atoms with Crippen LogP contribution in [0.1, 0.15) is 35.6 Å². The third-order valence-electron chi connectivity index (χ3n) is 3.99. The number of hydrogen-bond acceptors (Lipinski definition) is 1. The molecule has 0 fully saturated rings. The predicted octanol–water partition coefficient (Wildman–Crippen LogP) is 4.15. The monoisotopic (exact) mass is 295 g/mol. The van der Waals surface area contributed by atoms with Crippen molar-refractivity contribution < 1.29 is 4.79 Å². The van der Waals surface area contributed by atoms with Gasteiger partial charge in [0.2, 0.25) is 5.91 Å². The van der Waals surface area contributed by atoms with E-state index in [4.69, 9.17) is 0 Å². The van der Waals surface area contributed by atoms with Gasteiger partial charge in [-0.3, -0.25) is 4.79 Å². The minimum absolute atomic E-state index is 0.195. The first-order valence-corrected chi connectivity index (χ1v) is 7.96. The first kappa shape index (κ1) is 16.3. The second kappa shape index (κ2) is 7.79. The molecule has 2 aromatic rings. The minimum Gasteiger partial charge on any atom is -0.341 e. The molecule has 0 bridgehead atoms. The van der Waals surface area contributed by atoms with Crippen LogP contribution in [0.2, 0.25) is 0 Å². The van der Waals surface area contributed by atoms with Crippen molar-refractivity contribution in [1.82, 2.24) is 4.90 Å². The predicted molar refractivity (Wildman–Crippen MR) is 91.8 cm³/mol. The van der Waals surface area contributed by atoms with Gasteiger partial charge < -0.3 is 4.90 Å². The molecule has 0 atom stereocenters. The van der Waals surface area contributed by atoms with Gasteiger partial charge in [-0.15, -0.1) is 0 Å². The highest BCUT2D eigenvalue weighted by Crippen LogP contribution is 2.10. The molecule has 0 spiro atoms. The number of carbonyl (C=O) groups excluding carboxylic acids is 1. The zero-order chi connectivity index (χ0) is 15.9. The van der Waals surface area contributed by atoms with Gasteiger partial charge in [0.15, 0.2) is 0 Å². The Balaban J connectivity index is 1.86. The van der Waals surface area contributed by atoms with Crippen LogP contribution in [0.25, 0.3) is 0 Å². The lowest BCUT2D eigenvalue weighted by Crippen LogP contribution is -2.26. The molecule has 0 aliphatic rings. The molecule has 2 aromatic carbocycles. The molecule has 0 aliphatic heterocycles. The lowest BCUT2D eigenvalue weighted by Gasteiger charge is -2.17. The van der Waals surface area contributed by atoms with Crippen LogP contribution >= 0.6 is 0 Å². The molecule has 116 valence electrons. The highest BCUT2D eigenvalue weighted by Gasteiger charge is 2.09. The summed E-state index contributed by atoms with van der Waals surface area (Å²) in [4.78, 5) is 14.1. The normalized spacial score (nSPS) is 10.5. The number of nitrogens with zero attached hydrogens (tertiary/aromatic N) is 1. The van der Waals surface area contributed by atoms with E-state index in [0.717, 1.165) is 12.8 Å². The van der Waals surface area contributed by atoms with E-state index in [9.17, 15) is 4.79 Å². The smallest absolute Gasteiger partial charge is 0.222 e. The van der Waals surface area contributed by atoms with E-state index < -0.39 is 0 Å². The van der Waals surface area contributed by atoms with Crippen LogP contribution in [0, 0.1) is 6.92 Å². The van der Waals surface area contributed by atoms with Crippen molar-refractivity contribution >= 4 is 5.91 Å². The minimum atomic E-state index is 0.195. The molecule has 0 heterocycles. The van der Waals surface area contributed by atoms with Crippen molar-refractivity contribution in [2.45, 2.75) is 39.7 Å². The Kier molecular flexibility index (Phi) is 5.76. The molecule has 22 heavy (non-hydrogen) atoms. The molecule has 1 amide bonds. The first-order valence-electron chi connectivity index (χ1n) is 7.96. The van der Waals surface area contributed by atoms with Gasteiger partial charge in [0.1, 0.15) is 0 Å². The van der Waals surface area contributed by atoms with Gasteiger partial charge >= 0.3 is 0 Å². The second-order valence-corrected chi connectivity index (χ2v) is 5.91. The van der Waals surface area contributed by atoms with Crippen LogP contribution in [0.3, 0.4) is 0 Å². The van der Waals surface area contributed by atoms with E-state index in [1.807, 2.05) is 18.0 Å². The molecule has 2 heteroatoms. The summed E-state index contributed by atoms with van der Waals surface area (Å²) in [6, 6.07) is 16.9. The number of benzene rings is 2. The number of rotatable bonds is 6. The third kappa shape index (κ3) is 4.73. The fourth-order valence-electron chi connectivity index (χ4n) is 2.55. The van der Waals surface area contributed by atoms with E-state index in [1.165, 1.54) is 22.3 Å². The van der Waals surface area contributed by atoms with Gasteiger partial charge in [0, 0.05) is 20.0 Å². The summed E-state index contributed by atoms with van der Waals surface area (Å²) < 4.78 is 0. The Morgan fingerprint density at radius 3 is 2.32 bits per heavy atom.